The summed E-state index contributed by atoms with van der Waals surface area (Å²) in [6.07, 6.45) is 2.62. The number of aryl methyl sites for hydroxylation is 1. The summed E-state index contributed by atoms with van der Waals surface area (Å²) in [4.78, 5) is 11.9. The number of nitrogens with one attached hydrogen (secondary N) is 1. The Balaban J connectivity index is 2.15. The van der Waals surface area contributed by atoms with Crippen molar-refractivity contribution in [2.24, 2.45) is 0 Å². The highest BCUT2D eigenvalue weighted by atomic mass is 16.2. The number of benzene rings is 1. The predicted octanol–water partition coefficient (Wildman–Crippen LogP) is 1.62. The summed E-state index contributed by atoms with van der Waals surface area (Å²) in [5.41, 5.74) is 2.51. The number of aliphatic hydroxyl groups excluding tert-OH is 1. The van der Waals surface area contributed by atoms with E-state index in [1.807, 2.05) is 19.1 Å². The van der Waals surface area contributed by atoms with Gasteiger partial charge in [-0.05, 0) is 43.5 Å². The molecule has 0 unspecified atom stereocenters. The second-order valence-electron chi connectivity index (χ2n) is 4.61. The quantitative estimate of drug-likeness (QED) is 0.793. The summed E-state index contributed by atoms with van der Waals surface area (Å²) >= 11 is 0. The van der Waals surface area contributed by atoms with Gasteiger partial charge in [-0.1, -0.05) is 11.8 Å². The molecular formula is C15H17NO2. The van der Waals surface area contributed by atoms with Crippen LogP contribution in [0.3, 0.4) is 0 Å². The third-order valence-electron chi connectivity index (χ3n) is 2.72. The Morgan fingerprint density at radius 3 is 2.89 bits per heavy atom. The van der Waals surface area contributed by atoms with Crippen LogP contribution in [0.25, 0.3) is 0 Å². The average Bonchev–Trinajstić information content (AvgIpc) is 3.12. The lowest BCUT2D eigenvalue weighted by molar-refractivity contribution is 0.0951. The summed E-state index contributed by atoms with van der Waals surface area (Å²) in [6.45, 7) is 2.01. The molecule has 0 aliphatic heterocycles. The van der Waals surface area contributed by atoms with Crippen molar-refractivity contribution in [3.05, 3.63) is 34.9 Å². The van der Waals surface area contributed by atoms with Gasteiger partial charge in [0.1, 0.15) is 0 Å². The molecule has 94 valence electrons. The lowest BCUT2D eigenvalue weighted by Gasteiger charge is -2.05. The number of hydrogen-bond donors (Lipinski definition) is 2. The van der Waals surface area contributed by atoms with Crippen LogP contribution in [0.4, 0.5) is 0 Å². The first-order valence-corrected chi connectivity index (χ1v) is 6.21. The van der Waals surface area contributed by atoms with Crippen molar-refractivity contribution in [1.29, 1.82) is 0 Å². The van der Waals surface area contributed by atoms with Crippen molar-refractivity contribution in [1.82, 2.24) is 5.32 Å². The summed E-state index contributed by atoms with van der Waals surface area (Å²) < 4.78 is 0. The summed E-state index contributed by atoms with van der Waals surface area (Å²) in [5, 5.41) is 11.6. The van der Waals surface area contributed by atoms with E-state index in [9.17, 15) is 4.79 Å². The first-order chi connectivity index (χ1) is 8.69. The largest absolute Gasteiger partial charge is 0.395 e. The normalized spacial score (nSPS) is 13.7. The Morgan fingerprint density at radius 2 is 2.22 bits per heavy atom. The van der Waals surface area contributed by atoms with E-state index >= 15 is 0 Å². The maximum Gasteiger partial charge on any atom is 0.251 e. The predicted molar refractivity (Wildman–Crippen MR) is 70.2 cm³/mol. The van der Waals surface area contributed by atoms with Crippen molar-refractivity contribution in [3.8, 4) is 11.8 Å². The minimum absolute atomic E-state index is 0.0218. The molecule has 1 amide bonds. The van der Waals surface area contributed by atoms with E-state index in [1.165, 1.54) is 0 Å². The van der Waals surface area contributed by atoms with Gasteiger partial charge in [0.15, 0.2) is 0 Å². The van der Waals surface area contributed by atoms with Crippen LogP contribution in [0.1, 0.15) is 40.7 Å². The smallest absolute Gasteiger partial charge is 0.251 e. The first kappa shape index (κ1) is 12.7. The number of amides is 1. The molecule has 1 aromatic rings. The van der Waals surface area contributed by atoms with Gasteiger partial charge in [0, 0.05) is 23.6 Å². The van der Waals surface area contributed by atoms with Gasteiger partial charge < -0.3 is 10.4 Å². The van der Waals surface area contributed by atoms with Crippen LogP contribution in [0, 0.1) is 18.8 Å². The Labute approximate surface area is 107 Å². The molecule has 0 radical (unpaired) electrons. The standard InChI is InChI=1S/C15H17NO2/c1-11-8-12(4-2-3-7-17)10-13(9-11)15(18)16-14-5-6-14/h8-10,14,17H,3,5-7H2,1H3,(H,16,18). The molecule has 18 heavy (non-hydrogen) atoms. The molecule has 2 N–H and O–H groups in total. The van der Waals surface area contributed by atoms with E-state index in [2.05, 4.69) is 17.2 Å². The molecule has 0 bridgehead atoms. The Hall–Kier alpha value is -1.79. The van der Waals surface area contributed by atoms with Crippen LogP contribution in [0.15, 0.2) is 18.2 Å². The molecular weight excluding hydrogens is 226 g/mol. The van der Waals surface area contributed by atoms with Gasteiger partial charge in [0.25, 0.3) is 5.91 Å². The maximum absolute atomic E-state index is 11.9. The van der Waals surface area contributed by atoms with Crippen LogP contribution in [-0.2, 0) is 0 Å². The van der Waals surface area contributed by atoms with Crippen LogP contribution < -0.4 is 5.32 Å². The molecule has 2 rings (SSSR count). The first-order valence-electron chi connectivity index (χ1n) is 6.21. The zero-order chi connectivity index (χ0) is 13.0. The molecule has 3 heteroatoms. The Morgan fingerprint density at radius 1 is 1.44 bits per heavy atom. The second-order valence-corrected chi connectivity index (χ2v) is 4.61. The molecule has 1 aromatic carbocycles. The van der Waals surface area contributed by atoms with Gasteiger partial charge in [0.2, 0.25) is 0 Å². The summed E-state index contributed by atoms with van der Waals surface area (Å²) in [5.74, 6) is 5.80. The monoisotopic (exact) mass is 243 g/mol. The van der Waals surface area contributed by atoms with Crippen LogP contribution in [0.5, 0.6) is 0 Å². The fourth-order valence-corrected chi connectivity index (χ4v) is 1.70. The van der Waals surface area contributed by atoms with Gasteiger partial charge in [-0.25, -0.2) is 0 Å². The molecule has 0 aromatic heterocycles. The third-order valence-corrected chi connectivity index (χ3v) is 2.72. The average molecular weight is 243 g/mol. The van der Waals surface area contributed by atoms with E-state index in [4.69, 9.17) is 5.11 Å². The molecule has 1 saturated carbocycles. The lowest BCUT2D eigenvalue weighted by Crippen LogP contribution is -2.25. The van der Waals surface area contributed by atoms with Gasteiger partial charge >= 0.3 is 0 Å². The fraction of sp³-hybridized carbons (Fsp3) is 0.400. The van der Waals surface area contributed by atoms with E-state index in [0.717, 1.165) is 24.0 Å². The molecule has 0 saturated heterocycles. The molecule has 1 aliphatic rings. The fourth-order valence-electron chi connectivity index (χ4n) is 1.70. The molecule has 0 atom stereocenters. The Bertz CT molecular complexity index is 507. The highest BCUT2D eigenvalue weighted by Crippen LogP contribution is 2.19. The number of hydrogen-bond acceptors (Lipinski definition) is 2. The molecule has 0 heterocycles. The number of carbonyl (C=O) groups excluding carboxylic acids is 1. The molecule has 1 aliphatic carbocycles. The van der Waals surface area contributed by atoms with Crippen LogP contribution in [0.2, 0.25) is 0 Å². The SMILES string of the molecule is Cc1cc(C#CCCO)cc(C(=O)NC2CC2)c1. The van der Waals surface area contributed by atoms with Crippen molar-refractivity contribution in [2.45, 2.75) is 32.2 Å². The van der Waals surface area contributed by atoms with E-state index < -0.39 is 0 Å². The molecule has 0 spiro atoms. The minimum Gasteiger partial charge on any atom is -0.395 e. The third kappa shape index (κ3) is 3.61. The highest BCUT2D eigenvalue weighted by molar-refractivity contribution is 5.95. The number of aliphatic hydroxyl groups is 1. The number of rotatable bonds is 3. The second kappa shape index (κ2) is 5.70. The zero-order valence-electron chi connectivity index (χ0n) is 10.5. The minimum atomic E-state index is -0.0218. The topological polar surface area (TPSA) is 49.3 Å². The van der Waals surface area contributed by atoms with E-state index in [1.54, 1.807) is 6.07 Å². The lowest BCUT2D eigenvalue weighted by atomic mass is 10.1. The molecule has 3 nitrogen and oxygen atoms in total. The van der Waals surface area contributed by atoms with Gasteiger partial charge in [-0.15, -0.1) is 0 Å². The Kier molecular flexibility index (Phi) is 4.01. The van der Waals surface area contributed by atoms with Gasteiger partial charge in [-0.2, -0.15) is 0 Å². The van der Waals surface area contributed by atoms with Crippen LogP contribution >= 0.6 is 0 Å². The van der Waals surface area contributed by atoms with Gasteiger partial charge in [0.05, 0.1) is 6.61 Å². The van der Waals surface area contributed by atoms with Crippen LogP contribution in [-0.4, -0.2) is 23.7 Å². The molecule has 1 fully saturated rings. The number of carbonyl (C=O) groups is 1. The summed E-state index contributed by atoms with van der Waals surface area (Å²) in [7, 11) is 0. The summed E-state index contributed by atoms with van der Waals surface area (Å²) in [6, 6.07) is 5.98. The van der Waals surface area contributed by atoms with E-state index in [0.29, 0.717) is 18.0 Å². The van der Waals surface area contributed by atoms with E-state index in [-0.39, 0.29) is 12.5 Å². The van der Waals surface area contributed by atoms with Crippen molar-refractivity contribution in [2.75, 3.05) is 6.61 Å². The van der Waals surface area contributed by atoms with Crippen molar-refractivity contribution in [3.63, 3.8) is 0 Å². The zero-order valence-corrected chi connectivity index (χ0v) is 10.5. The van der Waals surface area contributed by atoms with Gasteiger partial charge in [-0.3, -0.25) is 4.79 Å². The maximum atomic E-state index is 11.9. The van der Waals surface area contributed by atoms with Crippen molar-refractivity contribution < 1.29 is 9.90 Å². The highest BCUT2D eigenvalue weighted by Gasteiger charge is 2.23. The van der Waals surface area contributed by atoms with Crippen molar-refractivity contribution >= 4 is 5.91 Å².